The number of rotatable bonds is 3. The van der Waals surface area contributed by atoms with Gasteiger partial charge in [0.2, 0.25) is 0 Å². The van der Waals surface area contributed by atoms with Gasteiger partial charge in [-0.05, 0) is 166 Å². The lowest BCUT2D eigenvalue weighted by atomic mass is 9.66. The number of hydrogen-bond donors (Lipinski definition) is 0. The Balaban J connectivity index is 0.000000129. The predicted molar refractivity (Wildman–Crippen MR) is 275 cm³/mol. The Morgan fingerprint density at radius 3 is 1.62 bits per heavy atom. The van der Waals surface area contributed by atoms with Gasteiger partial charge in [-0.3, -0.25) is 0 Å². The number of allylic oxidation sites excluding steroid dienone is 8. The van der Waals surface area contributed by atoms with Gasteiger partial charge >= 0.3 is 0 Å². The van der Waals surface area contributed by atoms with Crippen molar-refractivity contribution in [1.82, 2.24) is 0 Å². The van der Waals surface area contributed by atoms with Crippen molar-refractivity contribution in [2.24, 2.45) is 0 Å². The Bertz CT molecular complexity index is 3130. The Hall–Kier alpha value is -7.02. The fourth-order valence-electron chi connectivity index (χ4n) is 10.9. The van der Waals surface area contributed by atoms with E-state index in [1.54, 1.807) is 5.57 Å². The molecule has 1 spiro atoms. The molecule has 0 saturated heterocycles. The monoisotopic (exact) mass is 824 g/mol. The summed E-state index contributed by atoms with van der Waals surface area (Å²) in [4.78, 5) is 0. The van der Waals surface area contributed by atoms with Crippen molar-refractivity contribution in [1.29, 1.82) is 0 Å². The molecule has 0 aliphatic heterocycles. The SMILES string of the molecule is CC1=CCCC=C1c1cccc(-c2ccc(C)cc2)c1C.Cc1ccc(-c2cccc3c2C2(C4=C3C=CCC4)c3ccccc3-c3ccccc32)cc1.Cc1cccc2ccccc12. The van der Waals surface area contributed by atoms with Crippen LogP contribution in [0, 0.1) is 27.7 Å². The van der Waals surface area contributed by atoms with Gasteiger partial charge in [0.15, 0.2) is 0 Å². The summed E-state index contributed by atoms with van der Waals surface area (Å²) in [5.74, 6) is 0. The van der Waals surface area contributed by atoms with E-state index in [0.717, 1.165) is 19.3 Å². The Morgan fingerprint density at radius 1 is 0.422 bits per heavy atom. The Labute approximate surface area is 380 Å². The summed E-state index contributed by atoms with van der Waals surface area (Å²) >= 11 is 0. The highest BCUT2D eigenvalue weighted by molar-refractivity contribution is 6.00. The Morgan fingerprint density at radius 2 is 0.953 bits per heavy atom. The van der Waals surface area contributed by atoms with Crippen LogP contribution in [0.25, 0.3) is 55.3 Å². The lowest BCUT2D eigenvalue weighted by molar-refractivity contribution is 0.715. The van der Waals surface area contributed by atoms with Crippen molar-refractivity contribution < 1.29 is 0 Å². The van der Waals surface area contributed by atoms with Crippen molar-refractivity contribution in [2.75, 3.05) is 0 Å². The van der Waals surface area contributed by atoms with Crippen molar-refractivity contribution in [2.45, 2.75) is 65.7 Å². The number of hydrogen-bond acceptors (Lipinski definition) is 0. The second kappa shape index (κ2) is 17.3. The summed E-state index contributed by atoms with van der Waals surface area (Å²) < 4.78 is 0. The first kappa shape index (κ1) is 41.0. The first-order valence-electron chi connectivity index (χ1n) is 23.1. The van der Waals surface area contributed by atoms with Gasteiger partial charge in [0.25, 0.3) is 0 Å². The molecule has 0 heterocycles. The van der Waals surface area contributed by atoms with E-state index in [2.05, 4.69) is 235 Å². The van der Waals surface area contributed by atoms with Crippen LogP contribution < -0.4 is 0 Å². The first-order chi connectivity index (χ1) is 31.3. The lowest BCUT2D eigenvalue weighted by Gasteiger charge is -2.34. The molecule has 4 aliphatic carbocycles. The highest BCUT2D eigenvalue weighted by Gasteiger charge is 2.53. The zero-order valence-corrected chi connectivity index (χ0v) is 37.9. The average molecular weight is 825 g/mol. The minimum Gasteiger partial charge on any atom is -0.0836 e. The van der Waals surface area contributed by atoms with Gasteiger partial charge in [-0.25, -0.2) is 0 Å². The van der Waals surface area contributed by atoms with Crippen molar-refractivity contribution in [3.63, 3.8) is 0 Å². The summed E-state index contributed by atoms with van der Waals surface area (Å²) in [5, 5.41) is 2.68. The summed E-state index contributed by atoms with van der Waals surface area (Å²) in [6.07, 6.45) is 14.0. The van der Waals surface area contributed by atoms with Crippen molar-refractivity contribution in [3.05, 3.63) is 261 Å². The summed E-state index contributed by atoms with van der Waals surface area (Å²) in [6, 6.07) is 64.5. The van der Waals surface area contributed by atoms with Crippen LogP contribution in [0.15, 0.2) is 211 Å². The average Bonchev–Trinajstić information content (AvgIpc) is 3.81. The molecule has 8 aromatic carbocycles. The fourth-order valence-corrected chi connectivity index (χ4v) is 10.9. The van der Waals surface area contributed by atoms with E-state index in [9.17, 15) is 0 Å². The molecule has 0 aromatic heterocycles. The minimum absolute atomic E-state index is 0.204. The van der Waals surface area contributed by atoms with Crippen LogP contribution >= 0.6 is 0 Å². The quantitative estimate of drug-likeness (QED) is 0.166. The maximum absolute atomic E-state index is 2.39. The fraction of sp³-hybridized carbons (Fsp3) is 0.156. The van der Waals surface area contributed by atoms with E-state index < -0.39 is 0 Å². The lowest BCUT2D eigenvalue weighted by Crippen LogP contribution is -2.28. The molecule has 0 nitrogen and oxygen atoms in total. The summed E-state index contributed by atoms with van der Waals surface area (Å²) in [7, 11) is 0. The zero-order chi connectivity index (χ0) is 43.8. The predicted octanol–water partition coefficient (Wildman–Crippen LogP) is 17.3. The molecule has 0 atom stereocenters. The van der Waals surface area contributed by atoms with E-state index in [1.165, 1.54) is 117 Å². The largest absolute Gasteiger partial charge is 0.0836 e. The smallest absolute Gasteiger partial charge is 0.0694 e. The van der Waals surface area contributed by atoms with Gasteiger partial charge < -0.3 is 0 Å². The standard InChI is InChI=1S/C32H24.C21H22.C11H10/c1-21-17-19-22(20-18-21)23-12-8-13-27-26-11-4-7-16-30(26)32(31(23)27)28-14-5-2-9-24(28)25-10-3-6-15-29(25)32;1-15-11-13-18(14-12-15)20-9-6-10-21(17(20)3)19-8-5-4-7-16(19)2;1-9-5-4-7-10-6-2-3-8-11(9)10/h2-6,8-15,17-20H,7,16H2,1H3;6-14H,4-5H2,1-3H3;2-8H,1H3. The minimum atomic E-state index is -0.204. The normalized spacial score (nSPS) is 14.9. The van der Waals surface area contributed by atoms with Gasteiger partial charge in [-0.2, -0.15) is 0 Å². The molecule has 312 valence electrons. The van der Waals surface area contributed by atoms with Gasteiger partial charge in [-0.15, -0.1) is 0 Å². The van der Waals surface area contributed by atoms with Gasteiger partial charge in [0.1, 0.15) is 0 Å². The van der Waals surface area contributed by atoms with Gasteiger partial charge in [0, 0.05) is 0 Å². The van der Waals surface area contributed by atoms with Crippen LogP contribution in [0.3, 0.4) is 0 Å². The number of aryl methyl sites for hydroxylation is 3. The Kier molecular flexibility index (Phi) is 11.1. The van der Waals surface area contributed by atoms with Crippen LogP contribution in [-0.2, 0) is 5.41 Å². The topological polar surface area (TPSA) is 0 Å². The van der Waals surface area contributed by atoms with Crippen LogP contribution in [0.4, 0.5) is 0 Å². The molecule has 0 saturated carbocycles. The molecular weight excluding hydrogens is 769 g/mol. The second-order valence-corrected chi connectivity index (χ2v) is 18.0. The highest BCUT2D eigenvalue weighted by atomic mass is 14.5. The highest BCUT2D eigenvalue weighted by Crippen LogP contribution is 2.65. The molecule has 0 fully saturated rings. The molecule has 12 rings (SSSR count). The molecule has 0 N–H and O–H groups in total. The second-order valence-electron chi connectivity index (χ2n) is 18.0. The summed E-state index contributed by atoms with van der Waals surface area (Å²) in [5.41, 5.74) is 26.2. The molecule has 8 aromatic rings. The number of fused-ring (bicyclic) bond motifs is 10. The summed E-state index contributed by atoms with van der Waals surface area (Å²) in [6.45, 7) is 10.9. The number of benzene rings is 8. The van der Waals surface area contributed by atoms with Crippen molar-refractivity contribution in [3.8, 4) is 33.4 Å². The van der Waals surface area contributed by atoms with Crippen LogP contribution in [-0.4, -0.2) is 0 Å². The molecular formula is C64H56. The first-order valence-corrected chi connectivity index (χ1v) is 23.1. The van der Waals surface area contributed by atoms with E-state index in [0.29, 0.717) is 0 Å². The molecule has 0 unspecified atom stereocenters. The van der Waals surface area contributed by atoms with Gasteiger partial charge in [-0.1, -0.05) is 211 Å². The molecule has 0 radical (unpaired) electrons. The molecule has 0 heteroatoms. The van der Waals surface area contributed by atoms with Crippen LogP contribution in [0.2, 0.25) is 0 Å². The third-order valence-corrected chi connectivity index (χ3v) is 14.1. The maximum atomic E-state index is 2.39. The van der Waals surface area contributed by atoms with E-state index in [-0.39, 0.29) is 5.41 Å². The third-order valence-electron chi connectivity index (χ3n) is 14.1. The van der Waals surface area contributed by atoms with E-state index in [4.69, 9.17) is 0 Å². The van der Waals surface area contributed by atoms with E-state index >= 15 is 0 Å². The maximum Gasteiger partial charge on any atom is 0.0694 e. The molecule has 4 aliphatic rings. The molecule has 0 bridgehead atoms. The molecule has 0 amide bonds. The third kappa shape index (κ3) is 7.12. The van der Waals surface area contributed by atoms with Crippen LogP contribution in [0.5, 0.6) is 0 Å². The van der Waals surface area contributed by atoms with E-state index in [1.807, 2.05) is 0 Å². The van der Waals surface area contributed by atoms with Crippen LogP contribution in [0.1, 0.15) is 82.7 Å². The molecule has 64 heavy (non-hydrogen) atoms. The zero-order valence-electron chi connectivity index (χ0n) is 37.9. The van der Waals surface area contributed by atoms with Gasteiger partial charge in [0.05, 0.1) is 5.41 Å². The van der Waals surface area contributed by atoms with Crippen molar-refractivity contribution >= 4 is 21.9 Å².